The van der Waals surface area contributed by atoms with Crippen molar-refractivity contribution in [1.29, 1.82) is 0 Å². The largest absolute Gasteiger partial charge is 0.563 e. The van der Waals surface area contributed by atoms with Gasteiger partial charge in [0.15, 0.2) is 0 Å². The maximum atomic E-state index is 11.8. The third-order valence-electron chi connectivity index (χ3n) is 6.83. The Bertz CT molecular complexity index is 1540. The van der Waals surface area contributed by atoms with Gasteiger partial charge in [0.25, 0.3) is 0 Å². The van der Waals surface area contributed by atoms with Crippen LogP contribution < -0.4 is 10.8 Å². The minimum atomic E-state index is -0.492. The van der Waals surface area contributed by atoms with Crippen LogP contribution in [0.3, 0.4) is 0 Å². The molecule has 1 saturated heterocycles. The Hall–Kier alpha value is -3.78. The van der Waals surface area contributed by atoms with Crippen LogP contribution >= 0.6 is 0 Å². The number of hydrogen-bond acceptors (Lipinski definition) is 5. The SMILES string of the molecule is C=C1OB(c2ccc3cc(-c4ccc5nc(CCCCNC(=O)OC(C)(C)C)[nH]c5c4)ccc3c2)OC1(C)C. The molecule has 202 valence electrons. The van der Waals surface area contributed by atoms with Crippen molar-refractivity contribution < 1.29 is 18.8 Å². The summed E-state index contributed by atoms with van der Waals surface area (Å²) in [5.41, 5.74) is 4.24. The van der Waals surface area contributed by atoms with Gasteiger partial charge in [-0.15, -0.1) is 0 Å². The third kappa shape index (κ3) is 6.28. The van der Waals surface area contributed by atoms with Crippen molar-refractivity contribution in [2.45, 2.75) is 65.1 Å². The lowest BCUT2D eigenvalue weighted by Gasteiger charge is -2.19. The van der Waals surface area contributed by atoms with Gasteiger partial charge in [-0.1, -0.05) is 43.0 Å². The minimum absolute atomic E-state index is 0.375. The van der Waals surface area contributed by atoms with E-state index < -0.39 is 18.3 Å². The minimum Gasteiger partial charge on any atom is -0.534 e. The zero-order valence-corrected chi connectivity index (χ0v) is 23.4. The monoisotopic (exact) mass is 525 g/mol. The molecular formula is C31H36BN3O4. The molecule has 1 amide bonds. The number of unbranched alkanes of at least 4 members (excludes halogenated alkanes) is 1. The summed E-state index contributed by atoms with van der Waals surface area (Å²) in [7, 11) is -0.435. The molecule has 0 spiro atoms. The Kier molecular flexibility index (Phi) is 7.16. The summed E-state index contributed by atoms with van der Waals surface area (Å²) in [5, 5.41) is 5.08. The first-order valence-corrected chi connectivity index (χ1v) is 13.5. The van der Waals surface area contributed by atoms with Gasteiger partial charge in [-0.2, -0.15) is 0 Å². The summed E-state index contributed by atoms with van der Waals surface area (Å²) in [6.45, 7) is 14.1. The fraction of sp³-hybridized carbons (Fsp3) is 0.355. The van der Waals surface area contributed by atoms with E-state index >= 15 is 0 Å². The number of H-pyrrole nitrogens is 1. The van der Waals surface area contributed by atoms with E-state index in [2.05, 4.69) is 71.5 Å². The highest BCUT2D eigenvalue weighted by Gasteiger charge is 2.42. The maximum absolute atomic E-state index is 11.8. The maximum Gasteiger partial charge on any atom is 0.563 e. The highest BCUT2D eigenvalue weighted by molar-refractivity contribution is 6.62. The number of benzene rings is 3. The van der Waals surface area contributed by atoms with Crippen LogP contribution in [-0.4, -0.2) is 40.9 Å². The van der Waals surface area contributed by atoms with Crippen molar-refractivity contribution in [2.75, 3.05) is 6.54 Å². The first-order valence-electron chi connectivity index (χ1n) is 13.5. The van der Waals surface area contributed by atoms with Crippen molar-refractivity contribution >= 4 is 40.5 Å². The highest BCUT2D eigenvalue weighted by atomic mass is 16.7. The lowest BCUT2D eigenvalue weighted by Crippen LogP contribution is -2.34. The van der Waals surface area contributed by atoms with Crippen molar-refractivity contribution in [1.82, 2.24) is 15.3 Å². The lowest BCUT2D eigenvalue weighted by atomic mass is 9.78. The fourth-order valence-electron chi connectivity index (χ4n) is 4.64. The van der Waals surface area contributed by atoms with Crippen LogP contribution in [0.15, 0.2) is 66.9 Å². The van der Waals surface area contributed by atoms with Gasteiger partial charge < -0.3 is 24.3 Å². The first-order chi connectivity index (χ1) is 18.5. The van der Waals surface area contributed by atoms with Crippen molar-refractivity contribution in [2.24, 2.45) is 0 Å². The number of carbonyl (C=O) groups is 1. The van der Waals surface area contributed by atoms with E-state index in [1.165, 1.54) is 0 Å². The number of imidazole rings is 1. The number of fused-ring (bicyclic) bond motifs is 2. The fourth-order valence-corrected chi connectivity index (χ4v) is 4.64. The normalized spacial score (nSPS) is 15.1. The molecule has 0 unspecified atom stereocenters. The highest BCUT2D eigenvalue weighted by Crippen LogP contribution is 2.30. The van der Waals surface area contributed by atoms with Gasteiger partial charge in [0.2, 0.25) is 0 Å². The molecule has 0 bridgehead atoms. The predicted octanol–water partition coefficient (Wildman–Crippen LogP) is 6.26. The zero-order valence-electron chi connectivity index (χ0n) is 23.4. The molecule has 8 heteroatoms. The van der Waals surface area contributed by atoms with Gasteiger partial charge in [0.05, 0.1) is 16.8 Å². The number of alkyl carbamates (subject to hydrolysis) is 1. The van der Waals surface area contributed by atoms with Crippen LogP contribution in [0.2, 0.25) is 0 Å². The van der Waals surface area contributed by atoms with E-state index in [0.717, 1.165) is 63.5 Å². The standard InChI is InChI=1S/C31H36BN3O4/c1-20-31(5,6)39-32(38-20)25-14-12-22-17-21(10-11-23(22)18-25)24-13-15-26-27(19-24)35-28(34-26)9-7-8-16-33-29(36)37-30(2,3)4/h10-15,17-19H,1,7-9,16H2,2-6H3,(H,33,36)(H,34,35). The van der Waals surface area contributed by atoms with E-state index in [1.807, 2.05) is 34.6 Å². The number of amides is 1. The summed E-state index contributed by atoms with van der Waals surface area (Å²) in [5.74, 6) is 1.60. The Balaban J connectivity index is 1.22. The molecule has 0 saturated carbocycles. The van der Waals surface area contributed by atoms with Gasteiger partial charge in [-0.3, -0.25) is 0 Å². The number of aromatic amines is 1. The van der Waals surface area contributed by atoms with Crippen LogP contribution in [0.4, 0.5) is 4.79 Å². The van der Waals surface area contributed by atoms with Crippen LogP contribution in [0.1, 0.15) is 53.3 Å². The summed E-state index contributed by atoms with van der Waals surface area (Å²) in [4.78, 5) is 20.0. The zero-order chi connectivity index (χ0) is 27.8. The summed E-state index contributed by atoms with van der Waals surface area (Å²) in [6, 6.07) is 19.1. The molecular weight excluding hydrogens is 489 g/mol. The van der Waals surface area contributed by atoms with Gasteiger partial charge in [-0.25, -0.2) is 9.78 Å². The number of aromatic nitrogens is 2. The van der Waals surface area contributed by atoms with Crippen LogP contribution in [0.25, 0.3) is 32.9 Å². The topological polar surface area (TPSA) is 85.5 Å². The molecule has 7 nitrogen and oxygen atoms in total. The van der Waals surface area contributed by atoms with E-state index in [9.17, 15) is 4.79 Å². The average molecular weight is 525 g/mol. The molecule has 2 heterocycles. The van der Waals surface area contributed by atoms with Gasteiger partial charge >= 0.3 is 13.2 Å². The molecule has 2 N–H and O–H groups in total. The average Bonchev–Trinajstić information content (AvgIpc) is 3.40. The summed E-state index contributed by atoms with van der Waals surface area (Å²) >= 11 is 0. The number of aryl methyl sites for hydroxylation is 1. The van der Waals surface area contributed by atoms with E-state index in [1.54, 1.807) is 0 Å². The number of carbonyl (C=O) groups excluding carboxylic acids is 1. The second kappa shape index (κ2) is 10.4. The van der Waals surface area contributed by atoms with E-state index in [0.29, 0.717) is 12.3 Å². The number of nitrogens with zero attached hydrogens (tertiary/aromatic N) is 1. The Labute approximate surface area is 230 Å². The molecule has 1 aliphatic rings. The number of ether oxygens (including phenoxy) is 1. The smallest absolute Gasteiger partial charge is 0.534 e. The second-order valence-electron chi connectivity index (χ2n) is 11.6. The molecule has 0 aliphatic carbocycles. The number of nitrogens with one attached hydrogen (secondary N) is 2. The molecule has 0 atom stereocenters. The molecule has 0 radical (unpaired) electrons. The summed E-state index contributed by atoms with van der Waals surface area (Å²) in [6.07, 6.45) is 2.21. The van der Waals surface area contributed by atoms with E-state index in [-0.39, 0.29) is 6.09 Å². The second-order valence-corrected chi connectivity index (χ2v) is 11.6. The molecule has 1 fully saturated rings. The Morgan fingerprint density at radius 2 is 1.77 bits per heavy atom. The first kappa shape index (κ1) is 26.8. The lowest BCUT2D eigenvalue weighted by molar-refractivity contribution is 0.0527. The van der Waals surface area contributed by atoms with Crippen molar-refractivity contribution in [3.05, 3.63) is 72.8 Å². The molecule has 3 aromatic carbocycles. The molecule has 1 aliphatic heterocycles. The van der Waals surface area contributed by atoms with Crippen molar-refractivity contribution in [3.8, 4) is 11.1 Å². The Morgan fingerprint density at radius 3 is 2.51 bits per heavy atom. The quantitative estimate of drug-likeness (QED) is 0.220. The molecule has 5 rings (SSSR count). The number of rotatable bonds is 7. The van der Waals surface area contributed by atoms with Crippen molar-refractivity contribution in [3.63, 3.8) is 0 Å². The third-order valence-corrected chi connectivity index (χ3v) is 6.83. The molecule has 4 aromatic rings. The van der Waals surface area contributed by atoms with Gasteiger partial charge in [-0.05, 0) is 93.0 Å². The van der Waals surface area contributed by atoms with Crippen LogP contribution in [0, 0.1) is 0 Å². The van der Waals surface area contributed by atoms with Crippen LogP contribution in [-0.2, 0) is 20.5 Å². The van der Waals surface area contributed by atoms with Crippen LogP contribution in [0.5, 0.6) is 0 Å². The molecule has 1 aromatic heterocycles. The van der Waals surface area contributed by atoms with E-state index in [4.69, 9.17) is 19.0 Å². The molecule has 39 heavy (non-hydrogen) atoms. The summed E-state index contributed by atoms with van der Waals surface area (Å²) < 4.78 is 17.2. The number of hydrogen-bond donors (Lipinski definition) is 2. The predicted molar refractivity (Wildman–Crippen MR) is 157 cm³/mol. The Morgan fingerprint density at radius 1 is 1.05 bits per heavy atom. The van der Waals surface area contributed by atoms with Gasteiger partial charge in [0, 0.05) is 13.0 Å². The van der Waals surface area contributed by atoms with Gasteiger partial charge in [0.1, 0.15) is 17.0 Å².